The van der Waals surface area contributed by atoms with E-state index < -0.39 is 11.7 Å². The number of hydrogen-bond acceptors (Lipinski definition) is 6. The van der Waals surface area contributed by atoms with E-state index in [0.29, 0.717) is 28.8 Å². The first kappa shape index (κ1) is 26.4. The van der Waals surface area contributed by atoms with Gasteiger partial charge in [0.1, 0.15) is 17.4 Å². The van der Waals surface area contributed by atoms with Crippen LogP contribution in [-0.2, 0) is 12.7 Å². The van der Waals surface area contributed by atoms with Gasteiger partial charge in [-0.25, -0.2) is 4.39 Å². The van der Waals surface area contributed by atoms with Gasteiger partial charge in [-0.05, 0) is 68.0 Å². The van der Waals surface area contributed by atoms with Crippen molar-refractivity contribution in [3.05, 3.63) is 76.9 Å². The Hall–Kier alpha value is -4.20. The van der Waals surface area contributed by atoms with Gasteiger partial charge in [0.15, 0.2) is 11.5 Å². The molecule has 0 aliphatic heterocycles. The van der Waals surface area contributed by atoms with Crippen LogP contribution in [0.15, 0.2) is 48.5 Å². The average Bonchev–Trinajstić information content (AvgIpc) is 3.19. The molecular formula is C28H27F4N7. The first-order valence-electron chi connectivity index (χ1n) is 12.8. The Bertz CT molecular complexity index is 1500. The summed E-state index contributed by atoms with van der Waals surface area (Å²) < 4.78 is 54.7. The number of halogens is 4. The monoisotopic (exact) mass is 537 g/mol. The maximum absolute atomic E-state index is 13.5. The molecule has 4 aromatic rings. The van der Waals surface area contributed by atoms with Crippen LogP contribution in [0.2, 0.25) is 0 Å². The minimum absolute atomic E-state index is 0.0388. The summed E-state index contributed by atoms with van der Waals surface area (Å²) in [6, 6.07) is 12.8. The topological polar surface area (TPSA) is 91.5 Å². The van der Waals surface area contributed by atoms with Crippen LogP contribution in [0.4, 0.5) is 29.3 Å². The lowest BCUT2D eigenvalue weighted by molar-refractivity contribution is -0.137. The molecule has 2 aromatic heterocycles. The van der Waals surface area contributed by atoms with Gasteiger partial charge < -0.3 is 15.2 Å². The van der Waals surface area contributed by atoms with Gasteiger partial charge in [-0.2, -0.15) is 33.4 Å². The van der Waals surface area contributed by atoms with Crippen LogP contribution in [0.3, 0.4) is 0 Å². The summed E-state index contributed by atoms with van der Waals surface area (Å²) in [5.41, 5.74) is 1.51. The fraction of sp³-hybridized carbons (Fsp3) is 0.357. The molecule has 2 aromatic carbocycles. The summed E-state index contributed by atoms with van der Waals surface area (Å²) in [7, 11) is 0. The van der Waals surface area contributed by atoms with Gasteiger partial charge in [-0.3, -0.25) is 0 Å². The minimum atomic E-state index is -4.44. The van der Waals surface area contributed by atoms with Crippen LogP contribution in [0.1, 0.15) is 61.7 Å². The highest BCUT2D eigenvalue weighted by Crippen LogP contribution is 2.34. The Kier molecular flexibility index (Phi) is 7.12. The molecule has 0 spiro atoms. The van der Waals surface area contributed by atoms with Crippen molar-refractivity contribution in [1.29, 1.82) is 5.26 Å². The summed E-state index contributed by atoms with van der Waals surface area (Å²) >= 11 is 0. The number of benzene rings is 2. The molecular weight excluding hydrogens is 510 g/mol. The molecule has 0 saturated heterocycles. The van der Waals surface area contributed by atoms with E-state index in [1.165, 1.54) is 30.7 Å². The number of fused-ring (bicyclic) bond motifs is 1. The van der Waals surface area contributed by atoms with Crippen molar-refractivity contribution >= 4 is 22.9 Å². The number of hydrogen-bond donors (Lipinski definition) is 2. The molecule has 2 heterocycles. The van der Waals surface area contributed by atoms with Gasteiger partial charge in [-0.1, -0.05) is 30.7 Å². The van der Waals surface area contributed by atoms with Crippen molar-refractivity contribution in [3.63, 3.8) is 0 Å². The number of alkyl halides is 3. The summed E-state index contributed by atoms with van der Waals surface area (Å²) in [4.78, 5) is 13.4. The van der Waals surface area contributed by atoms with Crippen molar-refractivity contribution < 1.29 is 17.6 Å². The normalized spacial score (nSPS) is 15.4. The summed E-state index contributed by atoms with van der Waals surface area (Å²) in [6.07, 6.45) is -1.07. The smallest absolute Gasteiger partial charge is 0.365 e. The maximum Gasteiger partial charge on any atom is 0.416 e. The van der Waals surface area contributed by atoms with Crippen molar-refractivity contribution in [2.75, 3.05) is 10.6 Å². The van der Waals surface area contributed by atoms with Gasteiger partial charge in [0, 0.05) is 6.04 Å². The number of nitrogens with zero attached hydrogens (tertiary/aromatic N) is 5. The van der Waals surface area contributed by atoms with E-state index in [1.54, 1.807) is 16.7 Å². The molecule has 0 amide bonds. The fourth-order valence-electron chi connectivity index (χ4n) is 4.73. The first-order valence-corrected chi connectivity index (χ1v) is 12.8. The average molecular weight is 538 g/mol. The molecule has 39 heavy (non-hydrogen) atoms. The zero-order valence-electron chi connectivity index (χ0n) is 21.4. The lowest BCUT2D eigenvalue weighted by Gasteiger charge is -2.32. The van der Waals surface area contributed by atoms with Crippen LogP contribution in [0.25, 0.3) is 11.2 Å². The molecule has 0 unspecified atom stereocenters. The molecule has 0 bridgehead atoms. The molecule has 2 atom stereocenters. The second-order valence-electron chi connectivity index (χ2n) is 9.94. The van der Waals surface area contributed by atoms with Crippen LogP contribution >= 0.6 is 0 Å². The van der Waals surface area contributed by atoms with Gasteiger partial charge in [0.05, 0.1) is 18.2 Å². The molecule has 0 radical (unpaired) electrons. The number of rotatable bonds is 8. The highest BCUT2D eigenvalue weighted by molar-refractivity contribution is 5.86. The lowest BCUT2D eigenvalue weighted by Crippen LogP contribution is -2.31. The Morgan fingerprint density at radius 1 is 1.00 bits per heavy atom. The summed E-state index contributed by atoms with van der Waals surface area (Å²) in [5, 5.41) is 16.3. The minimum Gasteiger partial charge on any atom is -0.365 e. The zero-order valence-corrected chi connectivity index (χ0v) is 21.4. The third-order valence-electron chi connectivity index (χ3n) is 7.26. The largest absolute Gasteiger partial charge is 0.416 e. The summed E-state index contributed by atoms with van der Waals surface area (Å²) in [5.74, 6) is 0.922. The van der Waals surface area contributed by atoms with E-state index in [2.05, 4.69) is 32.5 Å². The van der Waals surface area contributed by atoms with Crippen molar-refractivity contribution in [3.8, 4) is 6.07 Å². The molecule has 1 fully saturated rings. The van der Waals surface area contributed by atoms with E-state index in [9.17, 15) is 22.8 Å². The van der Waals surface area contributed by atoms with Gasteiger partial charge >= 0.3 is 6.18 Å². The van der Waals surface area contributed by atoms with Crippen molar-refractivity contribution in [2.45, 2.75) is 57.9 Å². The van der Waals surface area contributed by atoms with Crippen LogP contribution in [0.5, 0.6) is 0 Å². The Labute approximate surface area is 222 Å². The van der Waals surface area contributed by atoms with Crippen LogP contribution in [0, 0.1) is 23.1 Å². The SMILES string of the molecule is C[C@@H](Nc1nc2nc(C#N)nc(N[C@H](C)C3CCC3)c2n1Cc1ccc(C(F)(F)F)cc1)c1ccc(F)cc1. The third-order valence-corrected chi connectivity index (χ3v) is 7.26. The van der Waals surface area contributed by atoms with Gasteiger partial charge in [-0.15, -0.1) is 0 Å². The molecule has 1 aliphatic carbocycles. The predicted molar refractivity (Wildman–Crippen MR) is 139 cm³/mol. The first-order chi connectivity index (χ1) is 18.6. The molecule has 5 rings (SSSR count). The molecule has 11 heteroatoms. The molecule has 1 aliphatic rings. The predicted octanol–water partition coefficient (Wildman–Crippen LogP) is 6.68. The highest BCUT2D eigenvalue weighted by atomic mass is 19.4. The van der Waals surface area contributed by atoms with E-state index in [4.69, 9.17) is 0 Å². The second-order valence-corrected chi connectivity index (χ2v) is 9.94. The van der Waals surface area contributed by atoms with E-state index >= 15 is 0 Å². The highest BCUT2D eigenvalue weighted by Gasteiger charge is 2.30. The van der Waals surface area contributed by atoms with Gasteiger partial charge in [0.25, 0.3) is 0 Å². The van der Waals surface area contributed by atoms with E-state index in [1.807, 2.05) is 13.0 Å². The molecule has 7 nitrogen and oxygen atoms in total. The summed E-state index contributed by atoms with van der Waals surface area (Å²) in [6.45, 7) is 4.13. The molecule has 1 saturated carbocycles. The van der Waals surface area contributed by atoms with Crippen molar-refractivity contribution in [1.82, 2.24) is 19.5 Å². The second kappa shape index (κ2) is 10.5. The third kappa shape index (κ3) is 5.65. The Morgan fingerprint density at radius 3 is 2.28 bits per heavy atom. The number of anilines is 2. The number of imidazole rings is 1. The number of nitrogens with one attached hydrogen (secondary N) is 2. The number of aromatic nitrogens is 4. The standard InChI is InChI=1S/C28H27F4N7/c1-16(19-4-3-5-19)34-25-24-26(37-23(14-33)36-25)38-27(35-17(2)20-8-12-22(29)13-9-20)39(24)15-18-6-10-21(11-7-18)28(30,31)32/h6-13,16-17,19H,3-5,15H2,1-2H3,(H2,34,35,36,37,38)/t16-,17-/m1/s1. The number of nitriles is 1. The van der Waals surface area contributed by atoms with Gasteiger partial charge in [0.2, 0.25) is 11.8 Å². The van der Waals surface area contributed by atoms with Crippen LogP contribution in [-0.4, -0.2) is 25.6 Å². The fourth-order valence-corrected chi connectivity index (χ4v) is 4.73. The lowest BCUT2D eigenvalue weighted by atomic mass is 9.80. The molecule has 2 N–H and O–H groups in total. The Balaban J connectivity index is 1.58. The quantitative estimate of drug-likeness (QED) is 0.244. The maximum atomic E-state index is 13.5. The van der Waals surface area contributed by atoms with E-state index in [0.717, 1.165) is 30.5 Å². The van der Waals surface area contributed by atoms with Crippen molar-refractivity contribution in [2.24, 2.45) is 5.92 Å². The molecule has 202 valence electrons. The Morgan fingerprint density at radius 2 is 1.69 bits per heavy atom. The van der Waals surface area contributed by atoms with E-state index in [-0.39, 0.29) is 35.9 Å². The van der Waals surface area contributed by atoms with Crippen LogP contribution < -0.4 is 10.6 Å². The zero-order chi connectivity index (χ0) is 27.7.